The summed E-state index contributed by atoms with van der Waals surface area (Å²) >= 11 is 1.80. The lowest BCUT2D eigenvalue weighted by Gasteiger charge is -2.00. The maximum absolute atomic E-state index is 4.27. The van der Waals surface area contributed by atoms with Gasteiger partial charge in [-0.05, 0) is 24.1 Å². The van der Waals surface area contributed by atoms with Crippen LogP contribution in [0.2, 0.25) is 0 Å². The maximum atomic E-state index is 4.27. The van der Waals surface area contributed by atoms with E-state index >= 15 is 0 Å². The monoisotopic (exact) mass is 215 g/mol. The lowest BCUT2D eigenvalue weighted by atomic mass is 10.2. The summed E-state index contributed by atoms with van der Waals surface area (Å²) in [6.45, 7) is 0. The van der Waals surface area contributed by atoms with Crippen LogP contribution in [-0.2, 0) is 6.42 Å². The van der Waals surface area contributed by atoms with Crippen LogP contribution in [0.15, 0.2) is 59.8 Å². The van der Waals surface area contributed by atoms with E-state index in [2.05, 4.69) is 41.4 Å². The molecule has 1 heterocycles. The van der Waals surface area contributed by atoms with E-state index in [9.17, 15) is 0 Å². The molecule has 1 aromatic carbocycles. The van der Waals surface area contributed by atoms with Gasteiger partial charge in [-0.15, -0.1) is 11.8 Å². The van der Waals surface area contributed by atoms with Gasteiger partial charge in [0.15, 0.2) is 0 Å². The highest BCUT2D eigenvalue weighted by atomic mass is 32.2. The van der Waals surface area contributed by atoms with Crippen LogP contribution >= 0.6 is 11.8 Å². The predicted octanol–water partition coefficient (Wildman–Crippen LogP) is 3.42. The van der Waals surface area contributed by atoms with Crippen molar-refractivity contribution in [3.05, 3.63) is 60.3 Å². The highest BCUT2D eigenvalue weighted by Crippen LogP contribution is 2.15. The second-order valence-corrected chi connectivity index (χ2v) is 4.37. The number of nitrogens with zero attached hydrogens (tertiary/aromatic N) is 1. The first-order valence-electron chi connectivity index (χ1n) is 5.03. The molecule has 1 nitrogen and oxygen atoms in total. The summed E-state index contributed by atoms with van der Waals surface area (Å²) in [5.41, 5.74) is 1.39. The minimum absolute atomic E-state index is 1.08. The fourth-order valence-corrected chi connectivity index (χ4v) is 2.21. The van der Waals surface area contributed by atoms with Crippen LogP contribution in [0.4, 0.5) is 0 Å². The topological polar surface area (TPSA) is 12.9 Å². The number of rotatable bonds is 4. The van der Waals surface area contributed by atoms with Crippen LogP contribution in [0, 0.1) is 0 Å². The van der Waals surface area contributed by atoms with Crippen molar-refractivity contribution in [2.75, 3.05) is 5.75 Å². The van der Waals surface area contributed by atoms with Gasteiger partial charge < -0.3 is 0 Å². The van der Waals surface area contributed by atoms with Gasteiger partial charge in [-0.2, -0.15) is 0 Å². The molecule has 0 N–H and O–H groups in total. The van der Waals surface area contributed by atoms with E-state index in [1.165, 1.54) is 5.56 Å². The molecule has 2 heteroatoms. The molecule has 1 aromatic heterocycles. The Balaban J connectivity index is 1.81. The Morgan fingerprint density at radius 3 is 2.47 bits per heavy atom. The van der Waals surface area contributed by atoms with E-state index in [1.54, 1.807) is 11.8 Å². The zero-order valence-electron chi connectivity index (χ0n) is 8.47. The summed E-state index contributed by atoms with van der Waals surface area (Å²) in [5.74, 6) is 1.08. The molecular formula is C13H13NS. The van der Waals surface area contributed by atoms with Gasteiger partial charge in [0.25, 0.3) is 0 Å². The van der Waals surface area contributed by atoms with E-state index in [0.717, 1.165) is 17.2 Å². The predicted molar refractivity (Wildman–Crippen MR) is 65.1 cm³/mol. The molecule has 76 valence electrons. The number of aromatic nitrogens is 1. The molecule has 0 saturated heterocycles. The molecule has 15 heavy (non-hydrogen) atoms. The molecule has 0 radical (unpaired) electrons. The molecular weight excluding hydrogens is 202 g/mol. The van der Waals surface area contributed by atoms with Crippen LogP contribution < -0.4 is 0 Å². The van der Waals surface area contributed by atoms with Gasteiger partial charge in [-0.25, -0.2) is 4.98 Å². The van der Waals surface area contributed by atoms with Crippen LogP contribution in [0.3, 0.4) is 0 Å². The van der Waals surface area contributed by atoms with Gasteiger partial charge in [-0.3, -0.25) is 0 Å². The van der Waals surface area contributed by atoms with Gasteiger partial charge in [0.05, 0.1) is 5.03 Å². The summed E-state index contributed by atoms with van der Waals surface area (Å²) in [4.78, 5) is 4.27. The summed E-state index contributed by atoms with van der Waals surface area (Å²) in [5, 5.41) is 1.11. The molecule has 0 amide bonds. The minimum Gasteiger partial charge on any atom is -0.250 e. The smallest absolute Gasteiger partial charge is 0.0959 e. The molecule has 0 spiro atoms. The largest absolute Gasteiger partial charge is 0.250 e. The van der Waals surface area contributed by atoms with Crippen molar-refractivity contribution in [2.45, 2.75) is 11.4 Å². The second kappa shape index (κ2) is 5.56. The van der Waals surface area contributed by atoms with Crippen molar-refractivity contribution in [2.24, 2.45) is 0 Å². The van der Waals surface area contributed by atoms with Gasteiger partial charge >= 0.3 is 0 Å². The van der Waals surface area contributed by atoms with Crippen LogP contribution in [0.25, 0.3) is 0 Å². The van der Waals surface area contributed by atoms with Crippen LogP contribution in [-0.4, -0.2) is 10.7 Å². The van der Waals surface area contributed by atoms with Gasteiger partial charge in [0, 0.05) is 11.9 Å². The first kappa shape index (κ1) is 10.2. The Labute approximate surface area is 94.6 Å². The number of pyridine rings is 1. The SMILES string of the molecule is c1ccc(CCSc2ccccn2)cc1. The molecule has 0 unspecified atom stereocenters. The lowest BCUT2D eigenvalue weighted by molar-refractivity contribution is 1.11. The molecule has 0 bridgehead atoms. The van der Waals surface area contributed by atoms with E-state index < -0.39 is 0 Å². The average Bonchev–Trinajstić information content (AvgIpc) is 2.32. The normalized spacial score (nSPS) is 10.1. The first-order chi connectivity index (χ1) is 7.45. The zero-order chi connectivity index (χ0) is 10.3. The second-order valence-electron chi connectivity index (χ2n) is 3.25. The highest BCUT2D eigenvalue weighted by molar-refractivity contribution is 7.99. The maximum Gasteiger partial charge on any atom is 0.0959 e. The van der Waals surface area contributed by atoms with Crippen molar-refractivity contribution < 1.29 is 0 Å². The van der Waals surface area contributed by atoms with E-state index in [-0.39, 0.29) is 0 Å². The summed E-state index contributed by atoms with van der Waals surface area (Å²) < 4.78 is 0. The Bertz CT molecular complexity index is 346. The number of hydrogen-bond acceptors (Lipinski definition) is 2. The number of hydrogen-bond donors (Lipinski definition) is 0. The Morgan fingerprint density at radius 1 is 0.933 bits per heavy atom. The third-order valence-electron chi connectivity index (χ3n) is 2.12. The van der Waals surface area contributed by atoms with Crippen molar-refractivity contribution in [1.82, 2.24) is 4.98 Å². The van der Waals surface area contributed by atoms with Gasteiger partial charge in [0.1, 0.15) is 0 Å². The van der Waals surface area contributed by atoms with Crippen molar-refractivity contribution >= 4 is 11.8 Å². The van der Waals surface area contributed by atoms with Crippen molar-refractivity contribution in [1.29, 1.82) is 0 Å². The molecule has 2 rings (SSSR count). The Kier molecular flexibility index (Phi) is 3.80. The molecule has 0 aliphatic rings. The summed E-state index contributed by atoms with van der Waals surface area (Å²) in [7, 11) is 0. The summed E-state index contributed by atoms with van der Waals surface area (Å²) in [6, 6.07) is 16.6. The fraction of sp³-hybridized carbons (Fsp3) is 0.154. The molecule has 0 fully saturated rings. The Hall–Kier alpha value is -1.28. The quantitative estimate of drug-likeness (QED) is 0.725. The number of aryl methyl sites for hydroxylation is 1. The third-order valence-corrected chi connectivity index (χ3v) is 3.07. The zero-order valence-corrected chi connectivity index (χ0v) is 9.28. The van der Waals surface area contributed by atoms with Crippen molar-refractivity contribution in [3.8, 4) is 0 Å². The molecule has 0 aliphatic carbocycles. The molecule has 0 atom stereocenters. The molecule has 0 saturated carbocycles. The number of benzene rings is 1. The van der Waals surface area contributed by atoms with E-state index in [0.29, 0.717) is 0 Å². The van der Waals surface area contributed by atoms with Crippen LogP contribution in [0.1, 0.15) is 5.56 Å². The number of thioether (sulfide) groups is 1. The van der Waals surface area contributed by atoms with Crippen molar-refractivity contribution in [3.63, 3.8) is 0 Å². The van der Waals surface area contributed by atoms with Gasteiger partial charge in [-0.1, -0.05) is 36.4 Å². The molecule has 2 aromatic rings. The molecule has 0 aliphatic heterocycles. The standard InChI is InChI=1S/C13H13NS/c1-2-6-12(7-3-1)9-11-15-13-8-4-5-10-14-13/h1-8,10H,9,11H2. The minimum atomic E-state index is 1.08. The van der Waals surface area contributed by atoms with E-state index in [1.807, 2.05) is 18.3 Å². The third kappa shape index (κ3) is 3.40. The van der Waals surface area contributed by atoms with Crippen LogP contribution in [0.5, 0.6) is 0 Å². The summed E-state index contributed by atoms with van der Waals surface area (Å²) in [6.07, 6.45) is 2.94. The fourth-order valence-electron chi connectivity index (χ4n) is 1.35. The first-order valence-corrected chi connectivity index (χ1v) is 6.01. The van der Waals surface area contributed by atoms with Gasteiger partial charge in [0.2, 0.25) is 0 Å². The highest BCUT2D eigenvalue weighted by Gasteiger charge is 1.95. The Morgan fingerprint density at radius 2 is 1.73 bits per heavy atom. The lowest BCUT2D eigenvalue weighted by Crippen LogP contribution is -1.88. The average molecular weight is 215 g/mol. The van der Waals surface area contributed by atoms with E-state index in [4.69, 9.17) is 0 Å².